The van der Waals surface area contributed by atoms with E-state index in [1.165, 1.54) is 0 Å². The Hall–Kier alpha value is -2.13. The van der Waals surface area contributed by atoms with Gasteiger partial charge >= 0.3 is 0 Å². The molecule has 0 spiro atoms. The smallest absolute Gasteiger partial charge is 0.197 e. The molecule has 3 heteroatoms. The quantitative estimate of drug-likeness (QED) is 0.599. The second-order valence-electron chi connectivity index (χ2n) is 4.93. The third-order valence-corrected chi connectivity index (χ3v) is 4.00. The SMILES string of the molecule is CCOc1ccc2ccccc2c1C(=O)c1cccc(Br)c1. The Morgan fingerprint density at radius 3 is 2.64 bits per heavy atom. The Labute approximate surface area is 137 Å². The van der Waals surface area contributed by atoms with Crippen LogP contribution in [0.5, 0.6) is 5.75 Å². The number of fused-ring (bicyclic) bond motifs is 1. The van der Waals surface area contributed by atoms with Crippen molar-refractivity contribution in [1.29, 1.82) is 0 Å². The van der Waals surface area contributed by atoms with Crippen LogP contribution < -0.4 is 4.74 Å². The van der Waals surface area contributed by atoms with Gasteiger partial charge in [-0.2, -0.15) is 0 Å². The highest BCUT2D eigenvalue weighted by Gasteiger charge is 2.18. The van der Waals surface area contributed by atoms with Crippen molar-refractivity contribution >= 4 is 32.5 Å². The van der Waals surface area contributed by atoms with Gasteiger partial charge in [-0.05, 0) is 35.9 Å². The zero-order valence-electron chi connectivity index (χ0n) is 12.2. The summed E-state index contributed by atoms with van der Waals surface area (Å²) in [6.45, 7) is 2.44. The molecule has 0 aliphatic carbocycles. The fourth-order valence-corrected chi connectivity index (χ4v) is 2.93. The van der Waals surface area contributed by atoms with Gasteiger partial charge in [0.15, 0.2) is 5.78 Å². The summed E-state index contributed by atoms with van der Waals surface area (Å²) in [6, 6.07) is 19.2. The van der Waals surface area contributed by atoms with E-state index in [-0.39, 0.29) is 5.78 Å². The number of benzene rings is 3. The lowest BCUT2D eigenvalue weighted by molar-refractivity contribution is 0.103. The van der Waals surface area contributed by atoms with Crippen molar-refractivity contribution in [1.82, 2.24) is 0 Å². The van der Waals surface area contributed by atoms with Crippen LogP contribution in [0.2, 0.25) is 0 Å². The van der Waals surface area contributed by atoms with Gasteiger partial charge in [0.05, 0.1) is 12.2 Å². The van der Waals surface area contributed by atoms with Crippen molar-refractivity contribution in [2.75, 3.05) is 6.61 Å². The van der Waals surface area contributed by atoms with Crippen LogP contribution in [0.3, 0.4) is 0 Å². The average molecular weight is 355 g/mol. The van der Waals surface area contributed by atoms with Gasteiger partial charge in [0.1, 0.15) is 5.75 Å². The standard InChI is InChI=1S/C19H15BrO2/c1-2-22-17-11-10-13-6-3-4-9-16(13)18(17)19(21)14-7-5-8-15(20)12-14/h3-12H,2H2,1H3. The summed E-state index contributed by atoms with van der Waals surface area (Å²) in [5, 5.41) is 1.95. The number of carbonyl (C=O) groups is 1. The van der Waals surface area contributed by atoms with Crippen LogP contribution in [0, 0.1) is 0 Å². The Balaban J connectivity index is 2.23. The number of rotatable bonds is 4. The van der Waals surface area contributed by atoms with Gasteiger partial charge in [0.25, 0.3) is 0 Å². The van der Waals surface area contributed by atoms with Crippen molar-refractivity contribution in [2.24, 2.45) is 0 Å². The summed E-state index contributed by atoms with van der Waals surface area (Å²) in [4.78, 5) is 13.0. The minimum atomic E-state index is -0.0263. The van der Waals surface area contributed by atoms with Gasteiger partial charge in [-0.3, -0.25) is 4.79 Å². The van der Waals surface area contributed by atoms with E-state index < -0.39 is 0 Å². The van der Waals surface area contributed by atoms with Crippen molar-refractivity contribution in [3.8, 4) is 5.75 Å². The molecule has 0 radical (unpaired) electrons. The maximum atomic E-state index is 13.0. The van der Waals surface area contributed by atoms with Crippen LogP contribution in [-0.2, 0) is 0 Å². The highest BCUT2D eigenvalue weighted by Crippen LogP contribution is 2.30. The second kappa shape index (κ2) is 6.32. The molecular weight excluding hydrogens is 340 g/mol. The first kappa shape index (κ1) is 14.8. The van der Waals surface area contributed by atoms with Crippen LogP contribution in [0.4, 0.5) is 0 Å². The van der Waals surface area contributed by atoms with Crippen molar-refractivity contribution < 1.29 is 9.53 Å². The summed E-state index contributed by atoms with van der Waals surface area (Å²) in [7, 11) is 0. The number of ketones is 1. The molecule has 0 N–H and O–H groups in total. The van der Waals surface area contributed by atoms with E-state index in [9.17, 15) is 4.79 Å². The van der Waals surface area contributed by atoms with E-state index in [2.05, 4.69) is 15.9 Å². The topological polar surface area (TPSA) is 26.3 Å². The Morgan fingerprint density at radius 1 is 1.05 bits per heavy atom. The van der Waals surface area contributed by atoms with Crippen LogP contribution in [0.1, 0.15) is 22.8 Å². The lowest BCUT2D eigenvalue weighted by atomic mass is 9.96. The molecule has 0 bridgehead atoms. The minimum absolute atomic E-state index is 0.0263. The zero-order chi connectivity index (χ0) is 15.5. The average Bonchev–Trinajstić information content (AvgIpc) is 2.54. The van der Waals surface area contributed by atoms with E-state index in [0.717, 1.165) is 15.2 Å². The fourth-order valence-electron chi connectivity index (χ4n) is 2.54. The molecule has 0 aromatic heterocycles. The third kappa shape index (κ3) is 2.77. The first-order chi connectivity index (χ1) is 10.7. The molecule has 22 heavy (non-hydrogen) atoms. The van der Waals surface area contributed by atoms with Crippen molar-refractivity contribution in [3.05, 3.63) is 76.3 Å². The van der Waals surface area contributed by atoms with E-state index in [0.29, 0.717) is 23.5 Å². The van der Waals surface area contributed by atoms with Crippen molar-refractivity contribution in [2.45, 2.75) is 6.92 Å². The predicted molar refractivity (Wildman–Crippen MR) is 92.7 cm³/mol. The van der Waals surface area contributed by atoms with Crippen LogP contribution in [-0.4, -0.2) is 12.4 Å². The summed E-state index contributed by atoms with van der Waals surface area (Å²) in [5.41, 5.74) is 1.27. The van der Waals surface area contributed by atoms with E-state index >= 15 is 0 Å². The van der Waals surface area contributed by atoms with Gasteiger partial charge in [0, 0.05) is 10.0 Å². The molecule has 0 atom stereocenters. The van der Waals surface area contributed by atoms with Crippen LogP contribution in [0.15, 0.2) is 65.1 Å². The summed E-state index contributed by atoms with van der Waals surface area (Å²) < 4.78 is 6.57. The number of hydrogen-bond donors (Lipinski definition) is 0. The maximum absolute atomic E-state index is 13.0. The Kier molecular flexibility index (Phi) is 4.25. The molecule has 0 heterocycles. The van der Waals surface area contributed by atoms with E-state index in [4.69, 9.17) is 4.74 Å². The van der Waals surface area contributed by atoms with E-state index in [1.807, 2.05) is 67.6 Å². The molecule has 110 valence electrons. The molecule has 0 saturated carbocycles. The highest BCUT2D eigenvalue weighted by atomic mass is 79.9. The zero-order valence-corrected chi connectivity index (χ0v) is 13.8. The molecule has 0 saturated heterocycles. The molecule has 3 rings (SSSR count). The summed E-state index contributed by atoms with van der Waals surface area (Å²) in [5.74, 6) is 0.604. The molecule has 0 aliphatic rings. The van der Waals surface area contributed by atoms with Gasteiger partial charge in [-0.25, -0.2) is 0 Å². The molecular formula is C19H15BrO2. The number of carbonyl (C=O) groups excluding carboxylic acids is 1. The first-order valence-corrected chi connectivity index (χ1v) is 7.95. The van der Waals surface area contributed by atoms with Crippen LogP contribution in [0.25, 0.3) is 10.8 Å². The first-order valence-electron chi connectivity index (χ1n) is 7.15. The molecule has 3 aromatic carbocycles. The molecule has 3 aromatic rings. The van der Waals surface area contributed by atoms with Gasteiger partial charge in [-0.15, -0.1) is 0 Å². The lowest BCUT2D eigenvalue weighted by Gasteiger charge is -2.13. The Bertz CT molecular complexity index is 840. The molecule has 2 nitrogen and oxygen atoms in total. The monoisotopic (exact) mass is 354 g/mol. The van der Waals surface area contributed by atoms with E-state index in [1.54, 1.807) is 0 Å². The lowest BCUT2D eigenvalue weighted by Crippen LogP contribution is -2.06. The molecule has 0 fully saturated rings. The number of halogens is 1. The maximum Gasteiger partial charge on any atom is 0.197 e. The minimum Gasteiger partial charge on any atom is -0.493 e. The van der Waals surface area contributed by atoms with Crippen molar-refractivity contribution in [3.63, 3.8) is 0 Å². The predicted octanol–water partition coefficient (Wildman–Crippen LogP) is 5.23. The van der Waals surface area contributed by atoms with Crippen LogP contribution >= 0.6 is 15.9 Å². The Morgan fingerprint density at radius 2 is 1.86 bits per heavy atom. The van der Waals surface area contributed by atoms with Gasteiger partial charge < -0.3 is 4.74 Å². The molecule has 0 amide bonds. The highest BCUT2D eigenvalue weighted by molar-refractivity contribution is 9.10. The molecule has 0 aliphatic heterocycles. The summed E-state index contributed by atoms with van der Waals surface area (Å²) >= 11 is 3.42. The largest absolute Gasteiger partial charge is 0.493 e. The van der Waals surface area contributed by atoms with Gasteiger partial charge in [-0.1, -0.05) is 58.4 Å². The second-order valence-corrected chi connectivity index (χ2v) is 5.85. The van der Waals surface area contributed by atoms with Gasteiger partial charge in [0.2, 0.25) is 0 Å². The number of ether oxygens (including phenoxy) is 1. The third-order valence-electron chi connectivity index (χ3n) is 3.50. The number of hydrogen-bond acceptors (Lipinski definition) is 2. The summed E-state index contributed by atoms with van der Waals surface area (Å²) in [6.07, 6.45) is 0. The normalized spacial score (nSPS) is 10.6. The molecule has 0 unspecified atom stereocenters. The fraction of sp³-hybridized carbons (Fsp3) is 0.105.